The summed E-state index contributed by atoms with van der Waals surface area (Å²) in [5, 5.41) is 0.609. The van der Waals surface area contributed by atoms with Crippen molar-refractivity contribution in [2.24, 2.45) is 0 Å². The molecule has 0 aliphatic carbocycles. The zero-order chi connectivity index (χ0) is 24.7. The van der Waals surface area contributed by atoms with Crippen LogP contribution < -0.4 is 4.74 Å². The fourth-order valence-electron chi connectivity index (χ4n) is 3.79. The van der Waals surface area contributed by atoms with E-state index in [-0.39, 0.29) is 18.3 Å². The van der Waals surface area contributed by atoms with Gasteiger partial charge < -0.3 is 14.4 Å². The quantitative estimate of drug-likeness (QED) is 0.353. The van der Waals surface area contributed by atoms with Crippen LogP contribution in [0.25, 0.3) is 0 Å². The number of carbonyl (C=O) groups excluding carboxylic acids is 3. The minimum Gasteiger partial charge on any atom is -0.469 e. The van der Waals surface area contributed by atoms with Crippen molar-refractivity contribution in [1.29, 1.82) is 0 Å². The van der Waals surface area contributed by atoms with Gasteiger partial charge in [-0.05, 0) is 68.0 Å². The monoisotopic (exact) mass is 504 g/mol. The first-order chi connectivity index (χ1) is 16.3. The van der Waals surface area contributed by atoms with E-state index in [9.17, 15) is 14.4 Å². The number of amides is 2. The predicted octanol–water partition coefficient (Wildman–Crippen LogP) is 5.01. The van der Waals surface area contributed by atoms with E-state index in [2.05, 4.69) is 0 Å². The Morgan fingerprint density at radius 2 is 1.79 bits per heavy atom. The highest BCUT2D eigenvalue weighted by Gasteiger charge is 2.52. The standard InChI is InChI=1S/C25H29ClN2O5S/c1-25(14-16-28(25)24(31)33-20-10-12-21(34-3)13-11-20)23(30)27(15-4-5-22(29)32-2)17-18-6-8-19(26)9-7-18/h6-13H,4-5,14-17H2,1-3H3. The van der Waals surface area contributed by atoms with E-state index in [0.717, 1.165) is 10.5 Å². The van der Waals surface area contributed by atoms with Gasteiger partial charge in [-0.25, -0.2) is 4.79 Å². The Balaban J connectivity index is 1.72. The molecule has 0 N–H and O–H groups in total. The molecular formula is C25H29ClN2O5S. The molecular weight excluding hydrogens is 476 g/mol. The molecule has 0 radical (unpaired) electrons. The predicted molar refractivity (Wildman–Crippen MR) is 132 cm³/mol. The largest absolute Gasteiger partial charge is 0.469 e. The first kappa shape index (κ1) is 25.9. The Kier molecular flexibility index (Phi) is 8.85. The van der Waals surface area contributed by atoms with Crippen molar-refractivity contribution >= 4 is 41.3 Å². The Labute approximate surface area is 209 Å². The summed E-state index contributed by atoms with van der Waals surface area (Å²) in [5.74, 6) is -0.0831. The zero-order valence-electron chi connectivity index (χ0n) is 19.6. The molecule has 9 heteroatoms. The second-order valence-corrected chi connectivity index (χ2v) is 9.57. The molecule has 1 aliphatic rings. The van der Waals surface area contributed by atoms with Gasteiger partial charge in [0.2, 0.25) is 5.91 Å². The summed E-state index contributed by atoms with van der Waals surface area (Å²) in [4.78, 5) is 42.3. The average Bonchev–Trinajstić information content (AvgIpc) is 2.83. The van der Waals surface area contributed by atoms with Gasteiger partial charge >= 0.3 is 12.1 Å². The molecule has 7 nitrogen and oxygen atoms in total. The number of esters is 1. The highest BCUT2D eigenvalue weighted by Crippen LogP contribution is 2.34. The highest BCUT2D eigenvalue weighted by atomic mass is 35.5. The molecule has 1 unspecified atom stereocenters. The van der Waals surface area contributed by atoms with Crippen LogP contribution in [-0.4, -0.2) is 59.8 Å². The van der Waals surface area contributed by atoms with E-state index in [1.807, 2.05) is 30.5 Å². The molecule has 1 fully saturated rings. The lowest BCUT2D eigenvalue weighted by atomic mass is 9.85. The first-order valence-corrected chi connectivity index (χ1v) is 12.6. The number of ether oxygens (including phenoxy) is 2. The third kappa shape index (κ3) is 6.24. The van der Waals surface area contributed by atoms with Crippen LogP contribution >= 0.6 is 23.4 Å². The minimum atomic E-state index is -1.02. The summed E-state index contributed by atoms with van der Waals surface area (Å²) < 4.78 is 10.2. The number of halogens is 1. The Hall–Kier alpha value is -2.71. The molecule has 0 aromatic heterocycles. The van der Waals surface area contributed by atoms with Gasteiger partial charge in [0.1, 0.15) is 11.3 Å². The van der Waals surface area contributed by atoms with Gasteiger partial charge in [0.05, 0.1) is 7.11 Å². The topological polar surface area (TPSA) is 76.2 Å². The van der Waals surface area contributed by atoms with Crippen molar-refractivity contribution in [2.75, 3.05) is 26.5 Å². The van der Waals surface area contributed by atoms with Crippen LogP contribution in [0.15, 0.2) is 53.4 Å². The maximum absolute atomic E-state index is 13.6. The van der Waals surface area contributed by atoms with E-state index in [4.69, 9.17) is 21.1 Å². The molecule has 1 aliphatic heterocycles. The second kappa shape index (κ2) is 11.6. The van der Waals surface area contributed by atoms with E-state index in [1.165, 1.54) is 12.0 Å². The van der Waals surface area contributed by atoms with Crippen molar-refractivity contribution in [3.05, 3.63) is 59.1 Å². The van der Waals surface area contributed by atoms with Gasteiger partial charge in [0.25, 0.3) is 0 Å². The van der Waals surface area contributed by atoms with Crippen molar-refractivity contribution in [3.63, 3.8) is 0 Å². The molecule has 0 saturated carbocycles. The van der Waals surface area contributed by atoms with Gasteiger partial charge in [-0.3, -0.25) is 14.5 Å². The number of hydrogen-bond acceptors (Lipinski definition) is 6. The smallest absolute Gasteiger partial charge is 0.416 e. The lowest BCUT2D eigenvalue weighted by Gasteiger charge is -2.49. The molecule has 0 bridgehead atoms. The van der Waals surface area contributed by atoms with Gasteiger partial charge in [-0.15, -0.1) is 11.8 Å². The third-order valence-electron chi connectivity index (χ3n) is 5.97. The van der Waals surface area contributed by atoms with E-state index in [1.54, 1.807) is 47.9 Å². The van der Waals surface area contributed by atoms with Crippen LogP contribution in [0.3, 0.4) is 0 Å². The van der Waals surface area contributed by atoms with Gasteiger partial charge in [0, 0.05) is 36.0 Å². The zero-order valence-corrected chi connectivity index (χ0v) is 21.2. The van der Waals surface area contributed by atoms with Gasteiger partial charge in [-0.1, -0.05) is 23.7 Å². The molecule has 1 atom stereocenters. The minimum absolute atomic E-state index is 0.187. The summed E-state index contributed by atoms with van der Waals surface area (Å²) >= 11 is 7.59. The molecule has 34 heavy (non-hydrogen) atoms. The molecule has 1 saturated heterocycles. The van der Waals surface area contributed by atoms with Crippen LogP contribution in [0, 0.1) is 0 Å². The SMILES string of the molecule is COC(=O)CCCN(Cc1ccc(Cl)cc1)C(=O)C1(C)CCN1C(=O)Oc1ccc(SC)cc1. The van der Waals surface area contributed by atoms with E-state index in [0.29, 0.717) is 43.2 Å². The van der Waals surface area contributed by atoms with E-state index >= 15 is 0 Å². The summed E-state index contributed by atoms with van der Waals surface area (Å²) in [6.45, 7) is 2.88. The van der Waals surface area contributed by atoms with Crippen molar-refractivity contribution < 1.29 is 23.9 Å². The van der Waals surface area contributed by atoms with Crippen molar-refractivity contribution in [2.45, 2.75) is 43.2 Å². The first-order valence-electron chi connectivity index (χ1n) is 11.0. The lowest BCUT2D eigenvalue weighted by Crippen LogP contribution is -2.68. The number of benzene rings is 2. The Bertz CT molecular complexity index is 1010. The van der Waals surface area contributed by atoms with Gasteiger partial charge in [0.15, 0.2) is 0 Å². The molecule has 0 spiro atoms. The maximum Gasteiger partial charge on any atom is 0.416 e. The molecule has 182 valence electrons. The third-order valence-corrected chi connectivity index (χ3v) is 6.97. The number of likely N-dealkylation sites (tertiary alicyclic amines) is 1. The van der Waals surface area contributed by atoms with Crippen LogP contribution in [0.4, 0.5) is 4.79 Å². The van der Waals surface area contributed by atoms with Crippen LogP contribution in [-0.2, 0) is 20.9 Å². The second-order valence-electron chi connectivity index (χ2n) is 8.25. The van der Waals surface area contributed by atoms with Crippen LogP contribution in [0.5, 0.6) is 5.75 Å². The summed E-state index contributed by atoms with van der Waals surface area (Å²) in [5.41, 5.74) is -0.115. The summed E-state index contributed by atoms with van der Waals surface area (Å²) in [6.07, 6.45) is 2.60. The highest BCUT2D eigenvalue weighted by molar-refractivity contribution is 7.98. The maximum atomic E-state index is 13.6. The number of methoxy groups -OCH3 is 1. The molecule has 2 aromatic carbocycles. The van der Waals surface area contributed by atoms with Crippen LogP contribution in [0.1, 0.15) is 31.7 Å². The number of nitrogens with zero attached hydrogens (tertiary/aromatic N) is 2. The lowest BCUT2D eigenvalue weighted by molar-refractivity contribution is -0.151. The number of rotatable bonds is 9. The van der Waals surface area contributed by atoms with E-state index < -0.39 is 11.6 Å². The van der Waals surface area contributed by atoms with Crippen molar-refractivity contribution in [3.8, 4) is 5.75 Å². The fourth-order valence-corrected chi connectivity index (χ4v) is 4.33. The molecule has 3 rings (SSSR count). The summed E-state index contributed by atoms with van der Waals surface area (Å²) in [7, 11) is 1.34. The average molecular weight is 505 g/mol. The summed E-state index contributed by atoms with van der Waals surface area (Å²) in [6, 6.07) is 14.5. The number of thioether (sulfide) groups is 1. The van der Waals surface area contributed by atoms with Crippen molar-refractivity contribution in [1.82, 2.24) is 9.80 Å². The molecule has 2 aromatic rings. The Morgan fingerprint density at radius 3 is 2.35 bits per heavy atom. The number of carbonyl (C=O) groups is 3. The van der Waals surface area contributed by atoms with Crippen LogP contribution in [0.2, 0.25) is 5.02 Å². The normalized spacial score (nSPS) is 17.0. The molecule has 2 amide bonds. The number of hydrogen-bond donors (Lipinski definition) is 0. The fraction of sp³-hybridized carbons (Fsp3) is 0.400. The van der Waals surface area contributed by atoms with Gasteiger partial charge in [-0.2, -0.15) is 0 Å². The molecule has 1 heterocycles. The Morgan fingerprint density at radius 1 is 1.12 bits per heavy atom.